The molecule has 1 aliphatic rings. The second kappa shape index (κ2) is 4.97. The SMILES string of the molecule is Clc1ncccc1-c1ccc2c(nnn2CC2CC2)c1Cl. The van der Waals surface area contributed by atoms with E-state index < -0.39 is 0 Å². The van der Waals surface area contributed by atoms with Gasteiger partial charge in [0.25, 0.3) is 0 Å². The van der Waals surface area contributed by atoms with Gasteiger partial charge in [-0.3, -0.25) is 0 Å². The standard InChI is InChI=1S/C15H12Cl2N4/c16-13-10(11-2-1-7-18-15(11)17)5-6-12-14(13)19-20-21(12)8-9-3-4-9/h1-2,5-7,9H,3-4,8H2. The lowest BCUT2D eigenvalue weighted by Gasteiger charge is -2.07. The molecule has 0 amide bonds. The van der Waals surface area contributed by atoms with E-state index in [1.807, 2.05) is 28.9 Å². The minimum absolute atomic E-state index is 0.434. The van der Waals surface area contributed by atoms with E-state index in [1.54, 1.807) is 6.20 Å². The summed E-state index contributed by atoms with van der Waals surface area (Å²) in [5.74, 6) is 0.737. The quantitative estimate of drug-likeness (QED) is 0.679. The minimum Gasteiger partial charge on any atom is -0.244 e. The highest BCUT2D eigenvalue weighted by Gasteiger charge is 2.24. The van der Waals surface area contributed by atoms with Crippen LogP contribution in [0, 0.1) is 5.92 Å². The molecule has 1 aromatic carbocycles. The lowest BCUT2D eigenvalue weighted by Crippen LogP contribution is -2.01. The van der Waals surface area contributed by atoms with Gasteiger partial charge in [0.05, 0.1) is 10.5 Å². The molecule has 1 saturated carbocycles. The number of aromatic nitrogens is 4. The third kappa shape index (κ3) is 2.28. The molecule has 21 heavy (non-hydrogen) atoms. The highest BCUT2D eigenvalue weighted by atomic mass is 35.5. The Morgan fingerprint density at radius 1 is 1.14 bits per heavy atom. The van der Waals surface area contributed by atoms with Gasteiger partial charge >= 0.3 is 0 Å². The van der Waals surface area contributed by atoms with Crippen molar-refractivity contribution in [2.45, 2.75) is 19.4 Å². The normalized spacial score (nSPS) is 14.8. The van der Waals surface area contributed by atoms with Crippen LogP contribution in [-0.2, 0) is 6.54 Å². The summed E-state index contributed by atoms with van der Waals surface area (Å²) >= 11 is 12.7. The maximum absolute atomic E-state index is 6.51. The Balaban J connectivity index is 1.85. The summed E-state index contributed by atoms with van der Waals surface area (Å²) in [7, 11) is 0. The van der Waals surface area contributed by atoms with Gasteiger partial charge in [-0.1, -0.05) is 34.5 Å². The molecule has 0 atom stereocenters. The van der Waals surface area contributed by atoms with E-state index in [0.29, 0.717) is 10.2 Å². The van der Waals surface area contributed by atoms with Crippen molar-refractivity contribution in [3.8, 4) is 11.1 Å². The van der Waals surface area contributed by atoms with E-state index in [2.05, 4.69) is 15.3 Å². The lowest BCUT2D eigenvalue weighted by atomic mass is 10.1. The summed E-state index contributed by atoms with van der Waals surface area (Å²) in [6.45, 7) is 0.916. The Morgan fingerprint density at radius 2 is 2.00 bits per heavy atom. The van der Waals surface area contributed by atoms with Gasteiger partial charge in [-0.25, -0.2) is 9.67 Å². The van der Waals surface area contributed by atoms with Crippen LogP contribution in [0.4, 0.5) is 0 Å². The van der Waals surface area contributed by atoms with Gasteiger partial charge < -0.3 is 0 Å². The number of halogens is 2. The Hall–Kier alpha value is -1.65. The number of fused-ring (bicyclic) bond motifs is 1. The topological polar surface area (TPSA) is 43.6 Å². The van der Waals surface area contributed by atoms with E-state index in [1.165, 1.54) is 12.8 Å². The molecule has 6 heteroatoms. The Morgan fingerprint density at radius 3 is 2.76 bits per heavy atom. The minimum atomic E-state index is 0.434. The Labute approximate surface area is 131 Å². The third-order valence-electron chi connectivity index (χ3n) is 3.80. The van der Waals surface area contributed by atoms with Gasteiger partial charge in [0.15, 0.2) is 0 Å². The molecule has 0 unspecified atom stereocenters. The third-order valence-corrected chi connectivity index (χ3v) is 4.49. The number of hydrogen-bond donors (Lipinski definition) is 0. The van der Waals surface area contributed by atoms with Crippen molar-refractivity contribution in [2.24, 2.45) is 5.92 Å². The molecular weight excluding hydrogens is 307 g/mol. The molecule has 1 fully saturated rings. The second-order valence-corrected chi connectivity index (χ2v) is 6.09. The molecule has 2 heterocycles. The van der Waals surface area contributed by atoms with Crippen LogP contribution < -0.4 is 0 Å². The molecule has 1 aliphatic carbocycles. The molecule has 2 aromatic heterocycles. The van der Waals surface area contributed by atoms with Crippen LogP contribution in [-0.4, -0.2) is 20.0 Å². The van der Waals surface area contributed by atoms with Crippen molar-refractivity contribution in [1.29, 1.82) is 0 Å². The van der Waals surface area contributed by atoms with Crippen LogP contribution in [0.5, 0.6) is 0 Å². The fraction of sp³-hybridized carbons (Fsp3) is 0.267. The molecule has 0 bridgehead atoms. The van der Waals surface area contributed by atoms with E-state index in [-0.39, 0.29) is 0 Å². The first kappa shape index (κ1) is 13.0. The molecule has 106 valence electrons. The highest BCUT2D eigenvalue weighted by molar-refractivity contribution is 6.39. The van der Waals surface area contributed by atoms with Crippen LogP contribution in [0.2, 0.25) is 10.2 Å². The highest BCUT2D eigenvalue weighted by Crippen LogP contribution is 2.37. The van der Waals surface area contributed by atoms with Crippen molar-refractivity contribution < 1.29 is 0 Å². The van der Waals surface area contributed by atoms with Gasteiger partial charge in [-0.05, 0) is 37.0 Å². The largest absolute Gasteiger partial charge is 0.244 e. The summed E-state index contributed by atoms with van der Waals surface area (Å²) in [6, 6.07) is 7.70. The molecule has 0 spiro atoms. The number of benzene rings is 1. The average molecular weight is 319 g/mol. The van der Waals surface area contributed by atoms with Crippen LogP contribution in [0.1, 0.15) is 12.8 Å². The summed E-state index contributed by atoms with van der Waals surface area (Å²) in [5, 5.41) is 9.47. The molecule has 4 rings (SSSR count). The van der Waals surface area contributed by atoms with Crippen molar-refractivity contribution in [2.75, 3.05) is 0 Å². The zero-order chi connectivity index (χ0) is 14.4. The summed E-state index contributed by atoms with van der Waals surface area (Å²) in [4.78, 5) is 4.10. The number of nitrogens with zero attached hydrogens (tertiary/aromatic N) is 4. The van der Waals surface area contributed by atoms with Crippen LogP contribution in [0.15, 0.2) is 30.5 Å². The van der Waals surface area contributed by atoms with E-state index in [9.17, 15) is 0 Å². The number of pyridine rings is 1. The second-order valence-electron chi connectivity index (χ2n) is 5.35. The van der Waals surface area contributed by atoms with Crippen molar-refractivity contribution in [3.63, 3.8) is 0 Å². The Kier molecular flexibility index (Phi) is 3.08. The summed E-state index contributed by atoms with van der Waals surface area (Å²) in [5.41, 5.74) is 3.33. The Bertz CT molecular complexity index is 824. The first-order valence-corrected chi connectivity index (χ1v) is 7.62. The van der Waals surface area contributed by atoms with E-state index >= 15 is 0 Å². The predicted molar refractivity (Wildman–Crippen MR) is 83.5 cm³/mol. The summed E-state index contributed by atoms with van der Waals surface area (Å²) < 4.78 is 1.94. The van der Waals surface area contributed by atoms with Crippen LogP contribution in [0.25, 0.3) is 22.2 Å². The molecular formula is C15H12Cl2N4. The van der Waals surface area contributed by atoms with Crippen molar-refractivity contribution >= 4 is 34.2 Å². The first-order valence-electron chi connectivity index (χ1n) is 6.86. The zero-order valence-electron chi connectivity index (χ0n) is 11.1. The molecule has 0 radical (unpaired) electrons. The maximum atomic E-state index is 6.51. The van der Waals surface area contributed by atoms with Gasteiger partial charge in [0, 0.05) is 23.9 Å². The summed E-state index contributed by atoms with van der Waals surface area (Å²) in [6.07, 6.45) is 4.21. The monoisotopic (exact) mass is 318 g/mol. The first-order chi connectivity index (χ1) is 10.2. The predicted octanol–water partition coefficient (Wildman–Crippen LogP) is 4.21. The lowest BCUT2D eigenvalue weighted by molar-refractivity contribution is 0.559. The number of hydrogen-bond acceptors (Lipinski definition) is 3. The van der Waals surface area contributed by atoms with Crippen molar-refractivity contribution in [3.05, 3.63) is 40.6 Å². The molecule has 0 N–H and O–H groups in total. The molecule has 0 aliphatic heterocycles. The van der Waals surface area contributed by atoms with E-state index in [0.717, 1.165) is 34.6 Å². The van der Waals surface area contributed by atoms with Crippen LogP contribution >= 0.6 is 23.2 Å². The number of rotatable bonds is 3. The fourth-order valence-electron chi connectivity index (χ4n) is 2.48. The van der Waals surface area contributed by atoms with Gasteiger partial charge in [-0.15, -0.1) is 5.10 Å². The molecule has 4 nitrogen and oxygen atoms in total. The van der Waals surface area contributed by atoms with Gasteiger partial charge in [0.2, 0.25) is 0 Å². The van der Waals surface area contributed by atoms with Gasteiger partial charge in [-0.2, -0.15) is 0 Å². The van der Waals surface area contributed by atoms with Gasteiger partial charge in [0.1, 0.15) is 10.7 Å². The molecule has 3 aromatic rings. The van der Waals surface area contributed by atoms with E-state index in [4.69, 9.17) is 23.2 Å². The molecule has 0 saturated heterocycles. The van der Waals surface area contributed by atoms with Crippen LogP contribution in [0.3, 0.4) is 0 Å². The zero-order valence-corrected chi connectivity index (χ0v) is 12.6. The maximum Gasteiger partial charge on any atom is 0.136 e. The average Bonchev–Trinajstić information content (AvgIpc) is 3.20. The smallest absolute Gasteiger partial charge is 0.136 e. The fourth-order valence-corrected chi connectivity index (χ4v) is 3.00. The van der Waals surface area contributed by atoms with Crippen molar-refractivity contribution in [1.82, 2.24) is 20.0 Å².